The highest BCUT2D eigenvalue weighted by Gasteiger charge is 2.38. The third-order valence-corrected chi connectivity index (χ3v) is 15.7. The second-order valence-corrected chi connectivity index (χ2v) is 20.5. The van der Waals surface area contributed by atoms with Gasteiger partial charge in [0, 0.05) is 77.4 Å². The standard InChI is InChI=1S/C34H47NO7Si.C10H20O5Si/c1-9-26(25-34(2,3)33(36)42-23-10-24-43(39-6,40-7)41-8)27-11-13-28(14-12-27)35(29-15-19-31(37-4)20-16-29)30-17-21-32(38-5)22-18-30;1-9(2)10(11)15-7-6-8-16(12-3,13-4)14-5/h11-22,26H,9-10,23-25H2,1-8H3;1,6-8H2,2-5H3. The first-order valence-corrected chi connectivity index (χ1v) is 23.5. The van der Waals surface area contributed by atoms with Crippen LogP contribution in [0.15, 0.2) is 84.9 Å². The van der Waals surface area contributed by atoms with Gasteiger partial charge in [-0.2, -0.15) is 0 Å². The van der Waals surface area contributed by atoms with E-state index < -0.39 is 23.0 Å². The van der Waals surface area contributed by atoms with Gasteiger partial charge in [0.05, 0.1) is 32.8 Å². The van der Waals surface area contributed by atoms with Gasteiger partial charge in [-0.15, -0.1) is 0 Å². The van der Waals surface area contributed by atoms with Gasteiger partial charge in [-0.25, -0.2) is 4.79 Å². The average Bonchev–Trinajstić information content (AvgIpc) is 3.27. The van der Waals surface area contributed by atoms with E-state index in [9.17, 15) is 9.59 Å². The molecule has 3 aromatic carbocycles. The zero-order valence-electron chi connectivity index (χ0n) is 37.2. The molecule has 0 aliphatic rings. The Morgan fingerprint density at radius 3 is 1.34 bits per heavy atom. The Kier molecular flexibility index (Phi) is 22.1. The predicted molar refractivity (Wildman–Crippen MR) is 235 cm³/mol. The zero-order chi connectivity index (χ0) is 44.1. The molecule has 0 saturated carbocycles. The highest BCUT2D eigenvalue weighted by atomic mass is 28.4. The number of rotatable bonds is 25. The van der Waals surface area contributed by atoms with Crippen LogP contribution < -0.4 is 14.4 Å². The van der Waals surface area contributed by atoms with Crippen molar-refractivity contribution >= 4 is 46.6 Å². The maximum absolute atomic E-state index is 13.1. The molecule has 0 spiro atoms. The summed E-state index contributed by atoms with van der Waals surface area (Å²) in [7, 11) is 7.54. The molecule has 3 rings (SSSR count). The van der Waals surface area contributed by atoms with Crippen molar-refractivity contribution in [3.05, 3.63) is 90.5 Å². The van der Waals surface area contributed by atoms with E-state index in [0.717, 1.165) is 35.0 Å². The lowest BCUT2D eigenvalue weighted by molar-refractivity contribution is -0.154. The topological polar surface area (TPSA) is 130 Å². The van der Waals surface area contributed by atoms with E-state index in [1.165, 1.54) is 5.56 Å². The molecule has 0 N–H and O–H groups in total. The minimum absolute atomic E-state index is 0.197. The van der Waals surface area contributed by atoms with Crippen LogP contribution in [0.25, 0.3) is 0 Å². The van der Waals surface area contributed by atoms with Crippen molar-refractivity contribution < 1.29 is 55.1 Å². The van der Waals surface area contributed by atoms with Crippen molar-refractivity contribution in [1.82, 2.24) is 0 Å². The first kappa shape index (κ1) is 51.1. The lowest BCUT2D eigenvalue weighted by Crippen LogP contribution is -2.42. The zero-order valence-corrected chi connectivity index (χ0v) is 39.2. The molecular weight excluding hydrogens is 791 g/mol. The van der Waals surface area contributed by atoms with Gasteiger partial charge in [0.1, 0.15) is 11.5 Å². The molecule has 0 bridgehead atoms. The third kappa shape index (κ3) is 15.5. The summed E-state index contributed by atoms with van der Waals surface area (Å²) in [5, 5.41) is 0. The Labute approximate surface area is 354 Å². The quantitative estimate of drug-likeness (QED) is 0.0348. The van der Waals surface area contributed by atoms with E-state index in [-0.39, 0.29) is 17.9 Å². The van der Waals surface area contributed by atoms with Gasteiger partial charge < -0.3 is 50.4 Å². The maximum atomic E-state index is 13.1. The molecule has 15 heteroatoms. The van der Waals surface area contributed by atoms with Crippen molar-refractivity contribution in [2.45, 2.75) is 71.4 Å². The van der Waals surface area contributed by atoms with Crippen LogP contribution in [0.5, 0.6) is 11.5 Å². The van der Waals surface area contributed by atoms with Gasteiger partial charge in [0.25, 0.3) is 0 Å². The maximum Gasteiger partial charge on any atom is 0.500 e. The van der Waals surface area contributed by atoms with Crippen LogP contribution in [-0.4, -0.2) is 99.6 Å². The number of benzene rings is 3. The summed E-state index contributed by atoms with van der Waals surface area (Å²) in [6.07, 6.45) is 2.83. The summed E-state index contributed by atoms with van der Waals surface area (Å²) >= 11 is 0. The molecule has 1 atom stereocenters. The summed E-state index contributed by atoms with van der Waals surface area (Å²) in [6, 6.07) is 25.8. The van der Waals surface area contributed by atoms with E-state index in [1.807, 2.05) is 62.4 Å². The van der Waals surface area contributed by atoms with Gasteiger partial charge >= 0.3 is 29.5 Å². The van der Waals surface area contributed by atoms with Crippen LogP contribution in [0.4, 0.5) is 17.1 Å². The summed E-state index contributed by atoms with van der Waals surface area (Å²) in [5.41, 5.74) is 3.99. The fourth-order valence-corrected chi connectivity index (χ4v) is 9.72. The Bertz CT molecular complexity index is 1620. The minimum Gasteiger partial charge on any atom is -0.497 e. The number of carbonyl (C=O) groups is 2. The van der Waals surface area contributed by atoms with E-state index in [1.54, 1.807) is 63.8 Å². The number of hydrogen-bond acceptors (Lipinski definition) is 13. The predicted octanol–water partition coefficient (Wildman–Crippen LogP) is 9.27. The van der Waals surface area contributed by atoms with Crippen LogP contribution in [0, 0.1) is 5.41 Å². The Morgan fingerprint density at radius 2 is 1.00 bits per heavy atom. The molecule has 0 aromatic heterocycles. The van der Waals surface area contributed by atoms with Crippen molar-refractivity contribution in [2.24, 2.45) is 5.41 Å². The molecule has 328 valence electrons. The van der Waals surface area contributed by atoms with Crippen molar-refractivity contribution in [3.63, 3.8) is 0 Å². The third-order valence-electron chi connectivity index (χ3n) is 10.0. The number of ether oxygens (including phenoxy) is 4. The van der Waals surface area contributed by atoms with Gasteiger partial charge in [-0.05, 0) is 119 Å². The second-order valence-electron chi connectivity index (χ2n) is 14.4. The van der Waals surface area contributed by atoms with Crippen LogP contribution >= 0.6 is 0 Å². The number of carbonyl (C=O) groups excluding carboxylic acids is 2. The highest BCUT2D eigenvalue weighted by Crippen LogP contribution is 2.39. The lowest BCUT2D eigenvalue weighted by Gasteiger charge is -2.29. The fourth-order valence-electron chi connectivity index (χ4n) is 6.34. The summed E-state index contributed by atoms with van der Waals surface area (Å²) in [4.78, 5) is 26.4. The van der Waals surface area contributed by atoms with Crippen LogP contribution in [0.2, 0.25) is 12.1 Å². The van der Waals surface area contributed by atoms with Gasteiger partial charge in [0.15, 0.2) is 0 Å². The largest absolute Gasteiger partial charge is 0.500 e. The SMILES string of the molecule is C=C(C)C(=O)OCCC[Si](OC)(OC)OC.CCC(CC(C)(C)C(=O)OCCC[Si](OC)(OC)OC)c1ccc(N(c2ccc(OC)cc2)c2ccc(OC)cc2)cc1. The molecule has 59 heavy (non-hydrogen) atoms. The normalized spacial score (nSPS) is 12.1. The summed E-state index contributed by atoms with van der Waals surface area (Å²) in [6.45, 7) is 11.8. The van der Waals surface area contributed by atoms with E-state index in [0.29, 0.717) is 50.1 Å². The highest BCUT2D eigenvalue weighted by molar-refractivity contribution is 6.60. The lowest BCUT2D eigenvalue weighted by atomic mass is 9.79. The monoisotopic (exact) mass is 857 g/mol. The molecule has 3 aromatic rings. The first-order valence-electron chi connectivity index (χ1n) is 19.7. The smallest absolute Gasteiger partial charge is 0.497 e. The summed E-state index contributed by atoms with van der Waals surface area (Å²) < 4.78 is 53.5. The van der Waals surface area contributed by atoms with Crippen molar-refractivity contribution in [1.29, 1.82) is 0 Å². The van der Waals surface area contributed by atoms with Gasteiger partial charge in [-0.1, -0.05) is 25.6 Å². The van der Waals surface area contributed by atoms with E-state index in [4.69, 9.17) is 45.5 Å². The molecule has 0 radical (unpaired) electrons. The van der Waals surface area contributed by atoms with Crippen molar-refractivity contribution in [3.8, 4) is 11.5 Å². The Hall–Kier alpha value is -4.07. The molecule has 0 aliphatic heterocycles. The molecular formula is C44H67NO12Si2. The van der Waals surface area contributed by atoms with E-state index >= 15 is 0 Å². The average molecular weight is 858 g/mol. The number of nitrogens with zero attached hydrogens (tertiary/aromatic N) is 1. The van der Waals surface area contributed by atoms with Gasteiger partial charge in [0.2, 0.25) is 0 Å². The summed E-state index contributed by atoms with van der Waals surface area (Å²) in [5.74, 6) is 1.22. The Balaban J connectivity index is 0.000000632. The van der Waals surface area contributed by atoms with Crippen LogP contribution in [0.3, 0.4) is 0 Å². The number of anilines is 3. The molecule has 0 fully saturated rings. The van der Waals surface area contributed by atoms with Crippen LogP contribution in [0.1, 0.15) is 64.9 Å². The first-order chi connectivity index (χ1) is 28.2. The van der Waals surface area contributed by atoms with E-state index in [2.05, 4.69) is 42.7 Å². The second kappa shape index (κ2) is 25.5. The fraction of sp³-hybridized carbons (Fsp3) is 0.500. The van der Waals surface area contributed by atoms with Crippen molar-refractivity contribution in [2.75, 3.05) is 75.0 Å². The molecule has 1 unspecified atom stereocenters. The number of methoxy groups -OCH3 is 2. The molecule has 13 nitrogen and oxygen atoms in total. The number of esters is 2. The molecule has 0 amide bonds. The molecule has 0 aliphatic carbocycles. The van der Waals surface area contributed by atoms with Gasteiger partial charge in [-0.3, -0.25) is 4.79 Å². The molecule has 0 saturated heterocycles. The number of hydrogen-bond donors (Lipinski definition) is 0. The van der Waals surface area contributed by atoms with Crippen LogP contribution in [-0.2, 0) is 45.6 Å². The molecule has 0 heterocycles. The minimum atomic E-state index is -2.68. The Morgan fingerprint density at radius 1 is 0.627 bits per heavy atom.